The van der Waals surface area contributed by atoms with Gasteiger partial charge in [-0.15, -0.1) is 0 Å². The van der Waals surface area contributed by atoms with E-state index in [1.54, 1.807) is 6.26 Å². The molecule has 0 aliphatic heterocycles. The molecule has 0 spiro atoms. The van der Waals surface area contributed by atoms with Crippen molar-refractivity contribution in [3.63, 3.8) is 0 Å². The number of fused-ring (bicyclic) bond motifs is 3. The Hall–Kier alpha value is -2.46. The lowest BCUT2D eigenvalue weighted by Gasteiger charge is -2.27. The molecule has 1 aliphatic rings. The summed E-state index contributed by atoms with van der Waals surface area (Å²) in [6.45, 7) is 0.628. The van der Waals surface area contributed by atoms with Gasteiger partial charge >= 0.3 is 0 Å². The van der Waals surface area contributed by atoms with Crippen LogP contribution in [-0.4, -0.2) is 15.8 Å². The van der Waals surface area contributed by atoms with E-state index < -0.39 is 0 Å². The van der Waals surface area contributed by atoms with Gasteiger partial charge in [0.15, 0.2) is 0 Å². The van der Waals surface area contributed by atoms with Crippen molar-refractivity contribution in [2.45, 2.75) is 44.7 Å². The highest BCUT2D eigenvalue weighted by atomic mass is 16.3. The molecule has 0 amide bonds. The van der Waals surface area contributed by atoms with Crippen LogP contribution >= 0.6 is 0 Å². The Morgan fingerprint density at radius 1 is 1.30 bits per heavy atom. The molecule has 6 nitrogen and oxygen atoms in total. The molecule has 0 N–H and O–H groups in total. The second-order valence-corrected chi connectivity index (χ2v) is 6.33. The van der Waals surface area contributed by atoms with Crippen LogP contribution in [0, 0.1) is 5.92 Å². The zero-order valence-electron chi connectivity index (χ0n) is 12.9. The first kappa shape index (κ1) is 14.2. The van der Waals surface area contributed by atoms with Crippen LogP contribution in [0.2, 0.25) is 0 Å². The van der Waals surface area contributed by atoms with Gasteiger partial charge in [-0.25, -0.2) is 0 Å². The largest absolute Gasteiger partial charge is 0.464 e. The highest BCUT2D eigenvalue weighted by Gasteiger charge is 2.24. The van der Waals surface area contributed by atoms with Crippen LogP contribution in [0.4, 0.5) is 0 Å². The van der Waals surface area contributed by atoms with Gasteiger partial charge in [-0.1, -0.05) is 24.4 Å². The van der Waals surface area contributed by atoms with Gasteiger partial charge in [-0.3, -0.25) is 4.68 Å². The van der Waals surface area contributed by atoms with Crippen molar-refractivity contribution in [2.75, 3.05) is 0 Å². The van der Waals surface area contributed by atoms with Crippen molar-refractivity contribution in [1.29, 1.82) is 0 Å². The Balaban J connectivity index is 1.72. The Morgan fingerprint density at radius 2 is 2.17 bits per heavy atom. The predicted molar refractivity (Wildman–Crippen MR) is 89.0 cm³/mol. The number of hydrogen-bond donors (Lipinski definition) is 0. The van der Waals surface area contributed by atoms with Gasteiger partial charge in [0.2, 0.25) is 0 Å². The SMILES string of the molecule is [N-]=[N+]=NC(Cn1ncc2ccc3occc3c21)C1CCCCC1. The highest BCUT2D eigenvalue weighted by Crippen LogP contribution is 2.31. The van der Waals surface area contributed by atoms with Gasteiger partial charge in [-0.05, 0) is 42.5 Å². The van der Waals surface area contributed by atoms with Crippen LogP contribution in [-0.2, 0) is 6.54 Å². The summed E-state index contributed by atoms with van der Waals surface area (Å²) >= 11 is 0. The molecule has 1 saturated carbocycles. The third-order valence-corrected chi connectivity index (χ3v) is 4.99. The van der Waals surface area contributed by atoms with E-state index in [1.165, 1.54) is 19.3 Å². The number of hydrogen-bond acceptors (Lipinski definition) is 3. The van der Waals surface area contributed by atoms with Crippen LogP contribution in [0.25, 0.3) is 32.3 Å². The van der Waals surface area contributed by atoms with Crippen LogP contribution in [0.5, 0.6) is 0 Å². The summed E-state index contributed by atoms with van der Waals surface area (Å²) in [4.78, 5) is 3.09. The molecule has 118 valence electrons. The molecule has 23 heavy (non-hydrogen) atoms. The summed E-state index contributed by atoms with van der Waals surface area (Å²) in [5.41, 5.74) is 10.9. The smallest absolute Gasteiger partial charge is 0.136 e. The van der Waals surface area contributed by atoms with Crippen molar-refractivity contribution < 1.29 is 4.42 Å². The number of nitrogens with zero attached hydrogens (tertiary/aromatic N) is 5. The molecular weight excluding hydrogens is 290 g/mol. The lowest BCUT2D eigenvalue weighted by atomic mass is 9.84. The molecule has 4 rings (SSSR count). The van der Waals surface area contributed by atoms with Crippen molar-refractivity contribution in [3.05, 3.63) is 41.1 Å². The number of rotatable bonds is 4. The molecule has 0 bridgehead atoms. The number of benzene rings is 1. The average molecular weight is 309 g/mol. The molecule has 1 aromatic carbocycles. The Bertz CT molecular complexity index is 868. The number of furan rings is 1. The summed E-state index contributed by atoms with van der Waals surface area (Å²) < 4.78 is 7.47. The standard InChI is InChI=1S/C17H19N5O/c18-21-20-15(12-4-2-1-3-5-12)11-22-17-13(10-19-22)6-7-16-14(17)8-9-23-16/h6-10,12,15H,1-5,11H2. The highest BCUT2D eigenvalue weighted by molar-refractivity contribution is 6.03. The molecule has 1 atom stereocenters. The first-order chi connectivity index (χ1) is 11.4. The minimum atomic E-state index is -0.0365. The minimum absolute atomic E-state index is 0.0365. The lowest BCUT2D eigenvalue weighted by molar-refractivity contribution is 0.281. The summed E-state index contributed by atoms with van der Waals surface area (Å²) in [7, 11) is 0. The number of azide groups is 1. The monoisotopic (exact) mass is 309 g/mol. The van der Waals surface area contributed by atoms with Gasteiger partial charge in [0.25, 0.3) is 0 Å². The summed E-state index contributed by atoms with van der Waals surface area (Å²) in [6.07, 6.45) is 9.61. The van der Waals surface area contributed by atoms with E-state index in [2.05, 4.69) is 15.1 Å². The Kier molecular flexibility index (Phi) is 3.67. The normalized spacial score (nSPS) is 17.4. The Morgan fingerprint density at radius 3 is 3.00 bits per heavy atom. The van der Waals surface area contributed by atoms with E-state index in [4.69, 9.17) is 9.95 Å². The van der Waals surface area contributed by atoms with Crippen LogP contribution < -0.4 is 0 Å². The molecular formula is C17H19N5O. The van der Waals surface area contributed by atoms with Crippen molar-refractivity contribution in [2.24, 2.45) is 11.0 Å². The summed E-state index contributed by atoms with van der Waals surface area (Å²) in [5.74, 6) is 0.461. The molecule has 6 heteroatoms. The van der Waals surface area contributed by atoms with E-state index in [9.17, 15) is 0 Å². The predicted octanol–water partition coefficient (Wildman–Crippen LogP) is 5.04. The molecule has 2 aromatic heterocycles. The maximum absolute atomic E-state index is 8.96. The summed E-state index contributed by atoms with van der Waals surface area (Å²) in [5, 5.41) is 10.8. The first-order valence-corrected chi connectivity index (χ1v) is 8.23. The fourth-order valence-electron chi connectivity index (χ4n) is 3.81. The van der Waals surface area contributed by atoms with Crippen LogP contribution in [0.3, 0.4) is 0 Å². The average Bonchev–Trinajstić information content (AvgIpc) is 3.21. The van der Waals surface area contributed by atoms with Crippen LogP contribution in [0.15, 0.2) is 40.2 Å². The molecule has 2 heterocycles. The summed E-state index contributed by atoms with van der Waals surface area (Å²) in [6, 6.07) is 5.92. The first-order valence-electron chi connectivity index (χ1n) is 8.23. The van der Waals surface area contributed by atoms with Gasteiger partial charge < -0.3 is 4.42 Å². The fourth-order valence-corrected chi connectivity index (χ4v) is 3.81. The van der Waals surface area contributed by atoms with E-state index in [-0.39, 0.29) is 6.04 Å². The van der Waals surface area contributed by atoms with Gasteiger partial charge in [-0.2, -0.15) is 5.10 Å². The van der Waals surface area contributed by atoms with E-state index >= 15 is 0 Å². The minimum Gasteiger partial charge on any atom is -0.464 e. The van der Waals surface area contributed by atoms with Crippen LogP contribution in [0.1, 0.15) is 32.1 Å². The lowest BCUT2D eigenvalue weighted by Crippen LogP contribution is -2.26. The molecule has 3 aromatic rings. The molecule has 1 fully saturated rings. The molecule has 0 saturated heterocycles. The fraction of sp³-hybridized carbons (Fsp3) is 0.471. The second kappa shape index (κ2) is 5.97. The topological polar surface area (TPSA) is 79.7 Å². The number of aromatic nitrogens is 2. The second-order valence-electron chi connectivity index (χ2n) is 6.33. The van der Waals surface area contributed by atoms with Gasteiger partial charge in [0.05, 0.1) is 30.6 Å². The van der Waals surface area contributed by atoms with E-state index in [0.29, 0.717) is 12.5 Å². The third kappa shape index (κ3) is 2.55. The van der Waals surface area contributed by atoms with Crippen molar-refractivity contribution in [3.8, 4) is 0 Å². The third-order valence-electron chi connectivity index (χ3n) is 4.99. The Labute approximate surface area is 133 Å². The van der Waals surface area contributed by atoms with E-state index in [0.717, 1.165) is 34.7 Å². The maximum atomic E-state index is 8.96. The molecule has 1 unspecified atom stereocenters. The van der Waals surface area contributed by atoms with Gasteiger partial charge in [0, 0.05) is 15.7 Å². The molecule has 0 radical (unpaired) electrons. The van der Waals surface area contributed by atoms with E-state index in [1.807, 2.05) is 29.1 Å². The van der Waals surface area contributed by atoms with Crippen molar-refractivity contribution >= 4 is 21.9 Å². The zero-order chi connectivity index (χ0) is 15.6. The quantitative estimate of drug-likeness (QED) is 0.384. The molecule has 1 aliphatic carbocycles. The van der Waals surface area contributed by atoms with Crippen molar-refractivity contribution in [1.82, 2.24) is 9.78 Å². The van der Waals surface area contributed by atoms with Gasteiger partial charge in [0.1, 0.15) is 5.58 Å². The zero-order valence-corrected chi connectivity index (χ0v) is 12.9. The maximum Gasteiger partial charge on any atom is 0.136 e.